The molecule has 0 N–H and O–H groups in total. The van der Waals surface area contributed by atoms with E-state index in [-0.39, 0.29) is 0 Å². The van der Waals surface area contributed by atoms with Crippen LogP contribution >= 0.6 is 0 Å². The van der Waals surface area contributed by atoms with E-state index in [1.54, 1.807) is 0 Å². The number of hydrogen-bond acceptors (Lipinski definition) is 2. The molecular weight excluding hydrogens is 416 g/mol. The predicted molar refractivity (Wildman–Crippen MR) is 141 cm³/mol. The van der Waals surface area contributed by atoms with E-state index in [4.69, 9.17) is 9.40 Å². The van der Waals surface area contributed by atoms with Gasteiger partial charge in [-0.25, -0.2) is 4.98 Å². The molecule has 162 valence electrons. The Bertz CT molecular complexity index is 1870. The normalized spacial score (nSPS) is 11.8. The molecule has 0 aliphatic carbocycles. The van der Waals surface area contributed by atoms with Crippen LogP contribution < -0.4 is 0 Å². The fourth-order valence-electron chi connectivity index (χ4n) is 5.21. The van der Waals surface area contributed by atoms with Gasteiger partial charge in [0.25, 0.3) is 0 Å². The first-order valence-corrected chi connectivity index (χ1v) is 11.6. The molecule has 0 aliphatic rings. The molecule has 2 aromatic heterocycles. The van der Waals surface area contributed by atoms with Crippen molar-refractivity contribution >= 4 is 43.7 Å². The van der Waals surface area contributed by atoms with E-state index in [0.29, 0.717) is 0 Å². The van der Waals surface area contributed by atoms with Crippen LogP contribution in [0.25, 0.3) is 60.8 Å². The van der Waals surface area contributed by atoms with Crippen molar-refractivity contribution in [1.82, 2.24) is 9.55 Å². The molecule has 0 spiro atoms. The number of aromatic nitrogens is 2. The fourth-order valence-corrected chi connectivity index (χ4v) is 5.21. The van der Waals surface area contributed by atoms with Crippen molar-refractivity contribution in [3.05, 3.63) is 108 Å². The summed E-state index contributed by atoms with van der Waals surface area (Å²) in [6.07, 6.45) is 0. The van der Waals surface area contributed by atoms with Gasteiger partial charge in [-0.3, -0.25) is 4.57 Å². The number of imidazole rings is 1. The van der Waals surface area contributed by atoms with Gasteiger partial charge in [0, 0.05) is 16.3 Å². The summed E-state index contributed by atoms with van der Waals surface area (Å²) in [7, 11) is 0. The number of rotatable bonds is 2. The van der Waals surface area contributed by atoms with Crippen molar-refractivity contribution in [2.24, 2.45) is 0 Å². The SMILES string of the molecule is Cc1cccc(C)c1-n1c(-c2ccc3oc4ccccc4c3c2)nc2cc3ccccc3cc21. The predicted octanol–water partition coefficient (Wildman–Crippen LogP) is 8.36. The minimum atomic E-state index is 0.894. The maximum absolute atomic E-state index is 6.08. The van der Waals surface area contributed by atoms with E-state index in [1.165, 1.54) is 27.6 Å². The third kappa shape index (κ3) is 2.74. The number of furan rings is 1. The molecule has 0 atom stereocenters. The number of benzene rings is 5. The van der Waals surface area contributed by atoms with Crippen LogP contribution in [0, 0.1) is 13.8 Å². The van der Waals surface area contributed by atoms with E-state index < -0.39 is 0 Å². The van der Waals surface area contributed by atoms with Gasteiger partial charge in [-0.2, -0.15) is 0 Å². The first-order chi connectivity index (χ1) is 16.7. The molecule has 0 amide bonds. The maximum atomic E-state index is 6.08. The van der Waals surface area contributed by atoms with Crippen molar-refractivity contribution in [3.8, 4) is 17.1 Å². The third-order valence-corrected chi connectivity index (χ3v) is 6.82. The molecule has 0 fully saturated rings. The van der Waals surface area contributed by atoms with Gasteiger partial charge in [0.05, 0.1) is 16.7 Å². The van der Waals surface area contributed by atoms with Crippen LogP contribution in [0.2, 0.25) is 0 Å². The number of aryl methyl sites for hydroxylation is 2. The third-order valence-electron chi connectivity index (χ3n) is 6.82. The topological polar surface area (TPSA) is 31.0 Å². The van der Waals surface area contributed by atoms with Crippen LogP contribution in [0.15, 0.2) is 101 Å². The zero-order valence-corrected chi connectivity index (χ0v) is 19.0. The molecule has 3 nitrogen and oxygen atoms in total. The first-order valence-electron chi connectivity index (χ1n) is 11.6. The van der Waals surface area contributed by atoms with Crippen LogP contribution in [0.3, 0.4) is 0 Å². The molecule has 3 heteroatoms. The fraction of sp³-hybridized carbons (Fsp3) is 0.0645. The summed E-state index contributed by atoms with van der Waals surface area (Å²) in [6, 6.07) is 34.0. The lowest BCUT2D eigenvalue weighted by Crippen LogP contribution is -2.02. The summed E-state index contributed by atoms with van der Waals surface area (Å²) in [6.45, 7) is 4.34. The average molecular weight is 439 g/mol. The van der Waals surface area contributed by atoms with Gasteiger partial charge in [-0.05, 0) is 72.1 Å². The average Bonchev–Trinajstić information content (AvgIpc) is 3.40. The molecule has 0 saturated carbocycles. The van der Waals surface area contributed by atoms with E-state index >= 15 is 0 Å². The molecule has 7 aromatic rings. The number of hydrogen-bond donors (Lipinski definition) is 0. The summed E-state index contributed by atoms with van der Waals surface area (Å²) in [5.41, 5.74) is 8.62. The Hall–Kier alpha value is -4.37. The van der Waals surface area contributed by atoms with E-state index in [2.05, 4.69) is 103 Å². The highest BCUT2D eigenvalue weighted by molar-refractivity contribution is 6.06. The second-order valence-electron chi connectivity index (χ2n) is 9.01. The Balaban J connectivity index is 1.60. The standard InChI is InChI=1S/C31H22N2O/c1-19-8-7-9-20(2)30(19)33-27-18-22-11-4-3-10-21(22)17-26(27)32-31(33)23-14-15-29-25(16-23)24-12-5-6-13-28(24)34-29/h3-18H,1-2H3. The Morgan fingerprint density at radius 1 is 0.647 bits per heavy atom. The van der Waals surface area contributed by atoms with Gasteiger partial charge in [0.1, 0.15) is 17.0 Å². The number of fused-ring (bicyclic) bond motifs is 5. The van der Waals surface area contributed by atoms with Crippen LogP contribution in [-0.4, -0.2) is 9.55 Å². The molecule has 0 radical (unpaired) electrons. The quantitative estimate of drug-likeness (QED) is 0.271. The largest absolute Gasteiger partial charge is 0.456 e. The smallest absolute Gasteiger partial charge is 0.145 e. The lowest BCUT2D eigenvalue weighted by Gasteiger charge is -2.15. The molecule has 0 unspecified atom stereocenters. The van der Waals surface area contributed by atoms with Gasteiger partial charge in [0.15, 0.2) is 0 Å². The van der Waals surface area contributed by atoms with Gasteiger partial charge in [0.2, 0.25) is 0 Å². The molecule has 0 bridgehead atoms. The van der Waals surface area contributed by atoms with Crippen molar-refractivity contribution in [3.63, 3.8) is 0 Å². The highest BCUT2D eigenvalue weighted by atomic mass is 16.3. The molecule has 2 heterocycles. The van der Waals surface area contributed by atoms with Gasteiger partial charge < -0.3 is 4.42 Å². The van der Waals surface area contributed by atoms with Crippen molar-refractivity contribution in [2.45, 2.75) is 13.8 Å². The lowest BCUT2D eigenvalue weighted by molar-refractivity contribution is 0.669. The molecule has 0 saturated heterocycles. The second kappa shape index (κ2) is 7.06. The minimum Gasteiger partial charge on any atom is -0.456 e. The zero-order chi connectivity index (χ0) is 22.8. The summed E-state index contributed by atoms with van der Waals surface area (Å²) < 4.78 is 8.41. The Morgan fingerprint density at radius 3 is 2.18 bits per heavy atom. The van der Waals surface area contributed by atoms with Crippen molar-refractivity contribution in [1.29, 1.82) is 0 Å². The summed E-state index contributed by atoms with van der Waals surface area (Å²) in [5, 5.41) is 4.65. The molecule has 7 rings (SSSR count). The monoisotopic (exact) mass is 438 g/mol. The van der Waals surface area contributed by atoms with Crippen LogP contribution in [-0.2, 0) is 0 Å². The zero-order valence-electron chi connectivity index (χ0n) is 19.0. The van der Waals surface area contributed by atoms with Crippen LogP contribution in [0.5, 0.6) is 0 Å². The van der Waals surface area contributed by atoms with Gasteiger partial charge in [-0.15, -0.1) is 0 Å². The maximum Gasteiger partial charge on any atom is 0.145 e. The van der Waals surface area contributed by atoms with E-state index in [9.17, 15) is 0 Å². The summed E-state index contributed by atoms with van der Waals surface area (Å²) >= 11 is 0. The number of para-hydroxylation sites is 2. The first kappa shape index (κ1) is 19.1. The molecule has 34 heavy (non-hydrogen) atoms. The minimum absolute atomic E-state index is 0.894. The summed E-state index contributed by atoms with van der Waals surface area (Å²) in [5.74, 6) is 0.940. The Morgan fingerprint density at radius 2 is 1.35 bits per heavy atom. The highest BCUT2D eigenvalue weighted by Crippen LogP contribution is 2.36. The lowest BCUT2D eigenvalue weighted by atomic mass is 10.1. The molecule has 0 aliphatic heterocycles. The number of nitrogens with zero attached hydrogens (tertiary/aromatic N) is 2. The van der Waals surface area contributed by atoms with Gasteiger partial charge >= 0.3 is 0 Å². The van der Waals surface area contributed by atoms with Gasteiger partial charge in [-0.1, -0.05) is 60.7 Å². The Kier molecular flexibility index (Phi) is 3.97. The highest BCUT2D eigenvalue weighted by Gasteiger charge is 2.19. The van der Waals surface area contributed by atoms with Crippen LogP contribution in [0.1, 0.15) is 11.1 Å². The molecule has 5 aromatic carbocycles. The van der Waals surface area contributed by atoms with Crippen LogP contribution in [0.4, 0.5) is 0 Å². The molecular formula is C31H22N2O. The Labute approximate surface area is 196 Å². The van der Waals surface area contributed by atoms with E-state index in [0.717, 1.165) is 44.4 Å². The summed E-state index contributed by atoms with van der Waals surface area (Å²) in [4.78, 5) is 5.20. The van der Waals surface area contributed by atoms with Crippen molar-refractivity contribution in [2.75, 3.05) is 0 Å². The van der Waals surface area contributed by atoms with Crippen molar-refractivity contribution < 1.29 is 4.42 Å². The van der Waals surface area contributed by atoms with E-state index in [1.807, 2.05) is 12.1 Å². The second-order valence-corrected chi connectivity index (χ2v) is 9.01.